The number of halogens is 2. The quantitative estimate of drug-likeness (QED) is 0.873. The topological polar surface area (TPSA) is 55.1 Å². The fourth-order valence-electron chi connectivity index (χ4n) is 1.24. The summed E-state index contributed by atoms with van der Waals surface area (Å²) in [6.45, 7) is 3.90. The molecule has 0 aliphatic carbocycles. The molecule has 0 radical (unpaired) electrons. The highest BCUT2D eigenvalue weighted by Gasteiger charge is 2.13. The standard InChI is InChI=1S/C12H16ClFN2O/c1-7(2)11(15)6-12(17)16-8-3-4-10(14)9(13)5-8/h3-5,7,11H,6,15H2,1-2H3,(H,16,17). The van der Waals surface area contributed by atoms with Gasteiger partial charge in [0.1, 0.15) is 5.82 Å². The molecule has 5 heteroatoms. The van der Waals surface area contributed by atoms with Gasteiger partial charge in [0.05, 0.1) is 5.02 Å². The number of amides is 1. The van der Waals surface area contributed by atoms with E-state index in [0.29, 0.717) is 5.69 Å². The number of nitrogens with two attached hydrogens (primary N) is 1. The van der Waals surface area contributed by atoms with Crippen LogP contribution in [-0.4, -0.2) is 11.9 Å². The number of carbonyl (C=O) groups is 1. The molecule has 0 spiro atoms. The maximum atomic E-state index is 12.9. The summed E-state index contributed by atoms with van der Waals surface area (Å²) >= 11 is 5.60. The van der Waals surface area contributed by atoms with Crippen molar-refractivity contribution < 1.29 is 9.18 Å². The van der Waals surface area contributed by atoms with Crippen LogP contribution in [0.4, 0.5) is 10.1 Å². The van der Waals surface area contributed by atoms with E-state index in [2.05, 4.69) is 5.32 Å². The predicted octanol–water partition coefficient (Wildman–Crippen LogP) is 2.79. The van der Waals surface area contributed by atoms with Crippen LogP contribution in [0.3, 0.4) is 0 Å². The normalized spacial score (nSPS) is 12.6. The van der Waals surface area contributed by atoms with Gasteiger partial charge in [0.15, 0.2) is 0 Å². The summed E-state index contributed by atoms with van der Waals surface area (Å²) in [5, 5.41) is 2.61. The van der Waals surface area contributed by atoms with Crippen molar-refractivity contribution >= 4 is 23.2 Å². The van der Waals surface area contributed by atoms with Crippen LogP contribution in [-0.2, 0) is 4.79 Å². The maximum Gasteiger partial charge on any atom is 0.225 e. The lowest BCUT2D eigenvalue weighted by Gasteiger charge is -2.15. The minimum Gasteiger partial charge on any atom is -0.327 e. The van der Waals surface area contributed by atoms with Gasteiger partial charge >= 0.3 is 0 Å². The first-order chi connectivity index (χ1) is 7.90. The number of anilines is 1. The summed E-state index contributed by atoms with van der Waals surface area (Å²) in [4.78, 5) is 11.6. The molecule has 0 saturated heterocycles. The van der Waals surface area contributed by atoms with Crippen molar-refractivity contribution in [3.05, 3.63) is 29.0 Å². The van der Waals surface area contributed by atoms with E-state index < -0.39 is 5.82 Å². The third-order valence-corrected chi connectivity index (χ3v) is 2.77. The Kier molecular flexibility index (Phi) is 4.90. The van der Waals surface area contributed by atoms with Crippen LogP contribution >= 0.6 is 11.6 Å². The van der Waals surface area contributed by atoms with E-state index in [4.69, 9.17) is 17.3 Å². The molecule has 1 amide bonds. The molecule has 0 fully saturated rings. The molecule has 1 atom stereocenters. The third kappa shape index (κ3) is 4.32. The van der Waals surface area contributed by atoms with Gasteiger partial charge in [0.2, 0.25) is 5.91 Å². The summed E-state index contributed by atoms with van der Waals surface area (Å²) in [6, 6.07) is 3.85. The molecule has 94 valence electrons. The van der Waals surface area contributed by atoms with E-state index in [1.54, 1.807) is 0 Å². The number of hydrogen-bond donors (Lipinski definition) is 2. The Labute approximate surface area is 105 Å². The smallest absolute Gasteiger partial charge is 0.225 e. The Hall–Kier alpha value is -1.13. The molecule has 1 aromatic carbocycles. The van der Waals surface area contributed by atoms with E-state index in [1.807, 2.05) is 13.8 Å². The second-order valence-corrected chi connectivity index (χ2v) is 4.70. The van der Waals surface area contributed by atoms with Crippen LogP contribution in [0.1, 0.15) is 20.3 Å². The molecule has 0 heterocycles. The highest BCUT2D eigenvalue weighted by Crippen LogP contribution is 2.19. The van der Waals surface area contributed by atoms with Gasteiger partial charge in [-0.1, -0.05) is 25.4 Å². The van der Waals surface area contributed by atoms with Gasteiger partial charge in [0, 0.05) is 18.2 Å². The van der Waals surface area contributed by atoms with E-state index in [9.17, 15) is 9.18 Å². The summed E-state index contributed by atoms with van der Waals surface area (Å²) < 4.78 is 12.9. The zero-order valence-corrected chi connectivity index (χ0v) is 10.6. The molecule has 3 nitrogen and oxygen atoms in total. The van der Waals surface area contributed by atoms with E-state index >= 15 is 0 Å². The van der Waals surface area contributed by atoms with Gasteiger partial charge in [0.25, 0.3) is 0 Å². The summed E-state index contributed by atoms with van der Waals surface area (Å²) in [6.07, 6.45) is 0.229. The van der Waals surface area contributed by atoms with E-state index in [-0.39, 0.29) is 29.3 Å². The Balaban J connectivity index is 2.59. The van der Waals surface area contributed by atoms with Crippen LogP contribution in [0.25, 0.3) is 0 Å². The third-order valence-electron chi connectivity index (χ3n) is 2.48. The van der Waals surface area contributed by atoms with Crippen LogP contribution in [0.2, 0.25) is 5.02 Å². The molecular formula is C12H16ClFN2O. The number of rotatable bonds is 4. The number of nitrogens with one attached hydrogen (secondary N) is 1. The molecule has 0 aliphatic heterocycles. The van der Waals surface area contributed by atoms with Crippen LogP contribution in [0.5, 0.6) is 0 Å². The lowest BCUT2D eigenvalue weighted by Crippen LogP contribution is -2.31. The molecule has 0 saturated carbocycles. The Morgan fingerprint density at radius 3 is 2.71 bits per heavy atom. The van der Waals surface area contributed by atoms with Crippen molar-refractivity contribution in [3.8, 4) is 0 Å². The minimum atomic E-state index is -0.511. The molecule has 17 heavy (non-hydrogen) atoms. The molecule has 1 aromatic rings. The Bertz CT molecular complexity index is 409. The average molecular weight is 259 g/mol. The summed E-state index contributed by atoms with van der Waals surface area (Å²) in [5.41, 5.74) is 6.25. The van der Waals surface area contributed by atoms with Crippen LogP contribution < -0.4 is 11.1 Å². The predicted molar refractivity (Wildman–Crippen MR) is 67.5 cm³/mol. The van der Waals surface area contributed by atoms with E-state index in [0.717, 1.165) is 0 Å². The zero-order chi connectivity index (χ0) is 13.0. The first kappa shape index (κ1) is 13.9. The first-order valence-electron chi connectivity index (χ1n) is 5.40. The highest BCUT2D eigenvalue weighted by atomic mass is 35.5. The number of carbonyl (C=O) groups excluding carboxylic acids is 1. The van der Waals surface area contributed by atoms with Gasteiger partial charge in [-0.15, -0.1) is 0 Å². The number of benzene rings is 1. The molecule has 0 aliphatic rings. The van der Waals surface area contributed by atoms with Gasteiger partial charge in [-0.05, 0) is 24.1 Å². The minimum absolute atomic E-state index is 0.0176. The fourth-order valence-corrected chi connectivity index (χ4v) is 1.42. The van der Waals surface area contributed by atoms with Gasteiger partial charge in [-0.25, -0.2) is 4.39 Å². The molecule has 0 aromatic heterocycles. The van der Waals surface area contributed by atoms with Crippen LogP contribution in [0.15, 0.2) is 18.2 Å². The van der Waals surface area contributed by atoms with Crippen molar-refractivity contribution in [1.82, 2.24) is 0 Å². The van der Waals surface area contributed by atoms with E-state index in [1.165, 1.54) is 18.2 Å². The Morgan fingerprint density at radius 1 is 1.53 bits per heavy atom. The molecule has 1 rings (SSSR count). The summed E-state index contributed by atoms with van der Waals surface area (Å²) in [5.74, 6) is -0.477. The second kappa shape index (κ2) is 5.98. The van der Waals surface area contributed by atoms with Gasteiger partial charge in [-0.2, -0.15) is 0 Å². The lowest BCUT2D eigenvalue weighted by atomic mass is 10.0. The van der Waals surface area contributed by atoms with Crippen molar-refractivity contribution in [1.29, 1.82) is 0 Å². The van der Waals surface area contributed by atoms with Gasteiger partial charge in [-0.3, -0.25) is 4.79 Å². The Morgan fingerprint density at radius 2 is 2.18 bits per heavy atom. The highest BCUT2D eigenvalue weighted by molar-refractivity contribution is 6.31. The first-order valence-corrected chi connectivity index (χ1v) is 5.78. The second-order valence-electron chi connectivity index (χ2n) is 4.29. The summed E-state index contributed by atoms with van der Waals surface area (Å²) in [7, 11) is 0. The molecular weight excluding hydrogens is 243 g/mol. The maximum absolute atomic E-state index is 12.9. The van der Waals surface area contributed by atoms with Gasteiger partial charge < -0.3 is 11.1 Å². The lowest BCUT2D eigenvalue weighted by molar-refractivity contribution is -0.116. The van der Waals surface area contributed by atoms with Crippen molar-refractivity contribution in [2.75, 3.05) is 5.32 Å². The van der Waals surface area contributed by atoms with Crippen molar-refractivity contribution in [3.63, 3.8) is 0 Å². The number of hydrogen-bond acceptors (Lipinski definition) is 2. The average Bonchev–Trinajstić information content (AvgIpc) is 2.23. The zero-order valence-electron chi connectivity index (χ0n) is 9.84. The molecule has 0 bridgehead atoms. The SMILES string of the molecule is CC(C)C(N)CC(=O)Nc1ccc(F)c(Cl)c1. The van der Waals surface area contributed by atoms with Crippen LogP contribution in [0, 0.1) is 11.7 Å². The molecule has 3 N–H and O–H groups in total. The fraction of sp³-hybridized carbons (Fsp3) is 0.417. The van der Waals surface area contributed by atoms with Crippen molar-refractivity contribution in [2.45, 2.75) is 26.3 Å². The largest absolute Gasteiger partial charge is 0.327 e. The monoisotopic (exact) mass is 258 g/mol. The van der Waals surface area contributed by atoms with Crippen molar-refractivity contribution in [2.24, 2.45) is 11.7 Å². The molecule has 1 unspecified atom stereocenters.